The van der Waals surface area contributed by atoms with Crippen LogP contribution in [0.15, 0.2) is 206 Å². The minimum absolute atomic E-state index is 0.372. The molecule has 0 aliphatic heterocycles. The molecule has 0 bridgehead atoms. The van der Waals surface area contributed by atoms with E-state index in [4.69, 9.17) is 0 Å². The molecule has 7 aromatic carbocycles. The van der Waals surface area contributed by atoms with Crippen LogP contribution in [0.5, 0.6) is 0 Å². The molecule has 0 atom stereocenters. The van der Waals surface area contributed by atoms with Crippen molar-refractivity contribution in [3.63, 3.8) is 0 Å². The number of rotatable bonds is 7. The maximum Gasteiger partial charge on any atom is 0.0713 e. The first-order valence-electron chi connectivity index (χ1n) is 17.6. The summed E-state index contributed by atoms with van der Waals surface area (Å²) in [5, 5.41) is 0. The van der Waals surface area contributed by atoms with E-state index in [1.165, 1.54) is 67.0 Å². The SMILES string of the molecule is C1=CC(N(c2ccccc2)c2ccc(-c3ccc(-c4ccc5c(c4)-c4ccccc4C5(c4ccccc4)c4ccccc4)cc3)cc2)=CCC1. The van der Waals surface area contributed by atoms with E-state index in [-0.39, 0.29) is 5.41 Å². The minimum atomic E-state index is -0.372. The number of hydrogen-bond acceptors (Lipinski definition) is 1. The van der Waals surface area contributed by atoms with Crippen LogP contribution in [-0.4, -0.2) is 0 Å². The first-order valence-corrected chi connectivity index (χ1v) is 17.6. The smallest absolute Gasteiger partial charge is 0.0713 e. The lowest BCUT2D eigenvalue weighted by Crippen LogP contribution is -2.28. The summed E-state index contributed by atoms with van der Waals surface area (Å²) >= 11 is 0. The number of para-hydroxylation sites is 1. The molecule has 0 unspecified atom stereocenters. The lowest BCUT2D eigenvalue weighted by molar-refractivity contribution is 0.768. The van der Waals surface area contributed by atoms with Crippen molar-refractivity contribution in [3.05, 3.63) is 228 Å². The maximum atomic E-state index is 2.40. The largest absolute Gasteiger partial charge is 0.311 e. The van der Waals surface area contributed by atoms with Gasteiger partial charge >= 0.3 is 0 Å². The summed E-state index contributed by atoms with van der Waals surface area (Å²) < 4.78 is 0. The van der Waals surface area contributed by atoms with Gasteiger partial charge in [-0.15, -0.1) is 0 Å². The van der Waals surface area contributed by atoms with Crippen molar-refractivity contribution in [3.8, 4) is 33.4 Å². The molecule has 0 N–H and O–H groups in total. The third-order valence-corrected chi connectivity index (χ3v) is 10.4. The second kappa shape index (κ2) is 12.7. The molecule has 0 fully saturated rings. The summed E-state index contributed by atoms with van der Waals surface area (Å²) in [6.45, 7) is 0. The molecule has 0 amide bonds. The van der Waals surface area contributed by atoms with E-state index >= 15 is 0 Å². The monoisotopic (exact) mass is 639 g/mol. The Morgan fingerprint density at radius 3 is 1.52 bits per heavy atom. The fraction of sp³-hybridized carbons (Fsp3) is 0.0612. The fourth-order valence-corrected chi connectivity index (χ4v) is 8.08. The van der Waals surface area contributed by atoms with Gasteiger partial charge in [-0.25, -0.2) is 0 Å². The van der Waals surface area contributed by atoms with E-state index in [1.54, 1.807) is 0 Å². The van der Waals surface area contributed by atoms with Gasteiger partial charge in [-0.2, -0.15) is 0 Å². The van der Waals surface area contributed by atoms with Gasteiger partial charge < -0.3 is 4.90 Å². The molecule has 1 heteroatoms. The van der Waals surface area contributed by atoms with Crippen LogP contribution in [0, 0.1) is 0 Å². The number of allylic oxidation sites excluding steroid dienone is 3. The van der Waals surface area contributed by atoms with Crippen LogP contribution in [0.2, 0.25) is 0 Å². The molecular weight excluding hydrogens is 603 g/mol. The average Bonchev–Trinajstić information content (AvgIpc) is 3.50. The third-order valence-electron chi connectivity index (χ3n) is 10.4. The lowest BCUT2D eigenvalue weighted by Gasteiger charge is -2.33. The molecule has 2 aliphatic carbocycles. The zero-order chi connectivity index (χ0) is 33.3. The summed E-state index contributed by atoms with van der Waals surface area (Å²) in [5.41, 5.74) is 15.9. The highest BCUT2D eigenvalue weighted by molar-refractivity contribution is 5.89. The molecule has 50 heavy (non-hydrogen) atoms. The van der Waals surface area contributed by atoms with Gasteiger partial charge in [-0.05, 0) is 105 Å². The van der Waals surface area contributed by atoms with Crippen LogP contribution in [0.1, 0.15) is 35.1 Å². The fourth-order valence-electron chi connectivity index (χ4n) is 8.08. The zero-order valence-electron chi connectivity index (χ0n) is 27.9. The highest BCUT2D eigenvalue weighted by Gasteiger charge is 2.45. The van der Waals surface area contributed by atoms with Crippen molar-refractivity contribution in [2.45, 2.75) is 18.3 Å². The van der Waals surface area contributed by atoms with Crippen LogP contribution in [0.4, 0.5) is 11.4 Å². The van der Waals surface area contributed by atoms with Gasteiger partial charge in [0, 0.05) is 17.1 Å². The van der Waals surface area contributed by atoms with Gasteiger partial charge in [0.25, 0.3) is 0 Å². The van der Waals surface area contributed by atoms with Gasteiger partial charge in [-0.1, -0.05) is 164 Å². The Labute approximate surface area is 295 Å². The van der Waals surface area contributed by atoms with E-state index in [2.05, 4.69) is 205 Å². The molecule has 0 aromatic heterocycles. The number of fused-ring (bicyclic) bond motifs is 3. The van der Waals surface area contributed by atoms with Gasteiger partial charge in [0.05, 0.1) is 5.41 Å². The molecule has 1 nitrogen and oxygen atoms in total. The standard InChI is InChI=1S/C49H37N/c1-5-15-40(16-6-1)49(41-17-7-2-8-18-41)47-24-14-13-23-45(47)46-35-39(31-34-48(46)49)38-27-25-36(26-28-38)37-29-32-44(33-30-37)50(42-19-9-3-10-20-42)43-21-11-4-12-22-43/h1-3,5-11,13-35H,4,12H2. The first kappa shape index (κ1) is 29.9. The van der Waals surface area contributed by atoms with Gasteiger partial charge in [0.2, 0.25) is 0 Å². The Kier molecular flexibility index (Phi) is 7.59. The van der Waals surface area contributed by atoms with Crippen molar-refractivity contribution in [1.82, 2.24) is 0 Å². The summed E-state index contributed by atoms with van der Waals surface area (Å²) in [6, 6.07) is 66.7. The first-order chi connectivity index (χ1) is 24.8. The molecule has 2 aliphatic rings. The van der Waals surface area contributed by atoms with Gasteiger partial charge in [-0.3, -0.25) is 0 Å². The highest BCUT2D eigenvalue weighted by Crippen LogP contribution is 2.56. The van der Waals surface area contributed by atoms with Crippen molar-refractivity contribution in [1.29, 1.82) is 0 Å². The molecule has 0 heterocycles. The Hall–Kier alpha value is -6.18. The summed E-state index contributed by atoms with van der Waals surface area (Å²) in [6.07, 6.45) is 9.01. The number of nitrogens with zero attached hydrogens (tertiary/aromatic N) is 1. The van der Waals surface area contributed by atoms with Crippen molar-refractivity contribution < 1.29 is 0 Å². The predicted octanol–water partition coefficient (Wildman–Crippen LogP) is 12.8. The number of benzene rings is 7. The Morgan fingerprint density at radius 1 is 0.400 bits per heavy atom. The van der Waals surface area contributed by atoms with Crippen LogP contribution < -0.4 is 4.90 Å². The van der Waals surface area contributed by atoms with Crippen molar-refractivity contribution >= 4 is 11.4 Å². The molecule has 7 aromatic rings. The lowest BCUT2D eigenvalue weighted by atomic mass is 9.67. The van der Waals surface area contributed by atoms with E-state index in [0.717, 1.165) is 18.5 Å². The summed E-state index contributed by atoms with van der Waals surface area (Å²) in [5.74, 6) is 0. The van der Waals surface area contributed by atoms with E-state index < -0.39 is 0 Å². The second-order valence-electron chi connectivity index (χ2n) is 13.2. The number of anilines is 2. The van der Waals surface area contributed by atoms with E-state index in [1.807, 2.05) is 0 Å². The maximum absolute atomic E-state index is 2.40. The molecule has 238 valence electrons. The minimum Gasteiger partial charge on any atom is -0.311 e. The van der Waals surface area contributed by atoms with Gasteiger partial charge in [0.15, 0.2) is 0 Å². The van der Waals surface area contributed by atoms with Crippen molar-refractivity contribution in [2.24, 2.45) is 0 Å². The Bertz CT molecular complexity index is 2290. The quantitative estimate of drug-likeness (QED) is 0.168. The Balaban J connectivity index is 1.06. The zero-order valence-corrected chi connectivity index (χ0v) is 27.9. The third kappa shape index (κ3) is 5.02. The average molecular weight is 640 g/mol. The molecule has 9 rings (SSSR count). The van der Waals surface area contributed by atoms with Crippen LogP contribution >= 0.6 is 0 Å². The molecule has 0 saturated heterocycles. The van der Waals surface area contributed by atoms with Crippen molar-refractivity contribution in [2.75, 3.05) is 4.90 Å². The second-order valence-corrected chi connectivity index (χ2v) is 13.2. The molecule has 0 saturated carbocycles. The van der Waals surface area contributed by atoms with Gasteiger partial charge in [0.1, 0.15) is 0 Å². The normalized spacial score (nSPS) is 14.0. The van der Waals surface area contributed by atoms with Crippen LogP contribution in [0.3, 0.4) is 0 Å². The number of hydrogen-bond donors (Lipinski definition) is 0. The highest BCUT2D eigenvalue weighted by atomic mass is 15.1. The van der Waals surface area contributed by atoms with Crippen LogP contribution in [-0.2, 0) is 5.41 Å². The Morgan fingerprint density at radius 2 is 0.900 bits per heavy atom. The predicted molar refractivity (Wildman–Crippen MR) is 210 cm³/mol. The topological polar surface area (TPSA) is 3.24 Å². The molecular formula is C49H37N. The molecule has 0 spiro atoms. The molecule has 0 radical (unpaired) electrons. The summed E-state index contributed by atoms with van der Waals surface area (Å²) in [7, 11) is 0. The van der Waals surface area contributed by atoms with Crippen LogP contribution in [0.25, 0.3) is 33.4 Å². The summed E-state index contributed by atoms with van der Waals surface area (Å²) in [4.78, 5) is 2.35. The van der Waals surface area contributed by atoms with E-state index in [9.17, 15) is 0 Å². The van der Waals surface area contributed by atoms with E-state index in [0.29, 0.717) is 0 Å².